The van der Waals surface area contributed by atoms with Gasteiger partial charge >= 0.3 is 5.69 Å². The Morgan fingerprint density at radius 2 is 2.20 bits per heavy atom. The first-order chi connectivity index (χ1) is 9.62. The highest BCUT2D eigenvalue weighted by molar-refractivity contribution is 5.52. The number of benzene rings is 1. The molecule has 106 valence electrons. The Morgan fingerprint density at radius 1 is 1.50 bits per heavy atom. The molecular weight excluding hydrogens is 258 g/mol. The minimum absolute atomic E-state index is 0.0491. The summed E-state index contributed by atoms with van der Waals surface area (Å²) in [6.07, 6.45) is 1.97. The molecule has 0 bridgehead atoms. The smallest absolute Gasteiger partial charge is 0.311 e. The lowest BCUT2D eigenvalue weighted by Gasteiger charge is -2.31. The number of para-hydroxylation sites is 1. The second-order valence-corrected chi connectivity index (χ2v) is 5.05. The zero-order chi connectivity index (χ0) is 14.6. The van der Waals surface area contributed by atoms with Crippen LogP contribution in [0.25, 0.3) is 0 Å². The first kappa shape index (κ1) is 14.3. The number of nitrogens with zero attached hydrogens (tertiary/aromatic N) is 2. The van der Waals surface area contributed by atoms with Crippen molar-refractivity contribution in [1.82, 2.24) is 5.32 Å². The van der Waals surface area contributed by atoms with Gasteiger partial charge in [-0.25, -0.2) is 0 Å². The van der Waals surface area contributed by atoms with Gasteiger partial charge in [-0.1, -0.05) is 12.1 Å². The Kier molecular flexibility index (Phi) is 4.20. The maximum Gasteiger partial charge on any atom is 0.311 e. The van der Waals surface area contributed by atoms with Gasteiger partial charge in [-0.05, 0) is 32.4 Å². The second-order valence-electron chi connectivity index (χ2n) is 5.05. The molecule has 0 amide bonds. The molecule has 20 heavy (non-hydrogen) atoms. The Labute approximate surface area is 117 Å². The van der Waals surface area contributed by atoms with Crippen molar-refractivity contribution < 1.29 is 9.66 Å². The first-order valence-corrected chi connectivity index (χ1v) is 6.54. The molecule has 0 aromatic heterocycles. The average molecular weight is 275 g/mol. The van der Waals surface area contributed by atoms with Gasteiger partial charge in [0.15, 0.2) is 5.75 Å². The third-order valence-corrected chi connectivity index (χ3v) is 3.80. The van der Waals surface area contributed by atoms with Crippen LogP contribution >= 0.6 is 0 Å². The number of hydrogen-bond acceptors (Lipinski definition) is 5. The average Bonchev–Trinajstić information content (AvgIpc) is 2.48. The van der Waals surface area contributed by atoms with Gasteiger partial charge < -0.3 is 10.1 Å². The molecule has 1 fully saturated rings. The van der Waals surface area contributed by atoms with E-state index in [9.17, 15) is 15.4 Å². The Bertz CT molecular complexity index is 545. The number of piperidine rings is 1. The summed E-state index contributed by atoms with van der Waals surface area (Å²) in [4.78, 5) is 10.6. The van der Waals surface area contributed by atoms with E-state index in [0.717, 1.165) is 31.5 Å². The van der Waals surface area contributed by atoms with Crippen LogP contribution in [0.2, 0.25) is 0 Å². The van der Waals surface area contributed by atoms with Crippen LogP contribution in [-0.4, -0.2) is 25.1 Å². The molecule has 0 atom stereocenters. The fourth-order valence-electron chi connectivity index (χ4n) is 2.69. The lowest BCUT2D eigenvalue weighted by molar-refractivity contribution is -0.385. The van der Waals surface area contributed by atoms with E-state index in [-0.39, 0.29) is 11.4 Å². The summed E-state index contributed by atoms with van der Waals surface area (Å²) < 4.78 is 5.20. The van der Waals surface area contributed by atoms with Gasteiger partial charge in [0.2, 0.25) is 0 Å². The van der Waals surface area contributed by atoms with Crippen molar-refractivity contribution in [1.29, 1.82) is 5.26 Å². The molecule has 0 saturated carbocycles. The van der Waals surface area contributed by atoms with E-state index in [4.69, 9.17) is 4.74 Å². The van der Waals surface area contributed by atoms with E-state index in [2.05, 4.69) is 11.4 Å². The van der Waals surface area contributed by atoms with Crippen molar-refractivity contribution in [2.75, 3.05) is 20.2 Å². The van der Waals surface area contributed by atoms with Crippen molar-refractivity contribution >= 4 is 5.69 Å². The predicted octanol–water partition coefficient (Wildman–Crippen LogP) is 2.04. The summed E-state index contributed by atoms with van der Waals surface area (Å²) in [5, 5.41) is 23.7. The van der Waals surface area contributed by atoms with Crippen molar-refractivity contribution in [2.24, 2.45) is 5.41 Å². The normalized spacial score (nSPS) is 17.2. The summed E-state index contributed by atoms with van der Waals surface area (Å²) in [5.74, 6) is 0.269. The summed E-state index contributed by atoms with van der Waals surface area (Å²) >= 11 is 0. The molecule has 2 rings (SSSR count). The number of rotatable bonds is 4. The van der Waals surface area contributed by atoms with E-state index < -0.39 is 10.3 Å². The van der Waals surface area contributed by atoms with Gasteiger partial charge in [0.25, 0.3) is 0 Å². The third-order valence-electron chi connectivity index (χ3n) is 3.80. The number of ether oxygens (including phenoxy) is 1. The Morgan fingerprint density at radius 3 is 2.75 bits per heavy atom. The van der Waals surface area contributed by atoms with E-state index in [1.807, 2.05) is 0 Å². The van der Waals surface area contributed by atoms with Crippen LogP contribution in [0.3, 0.4) is 0 Å². The summed E-state index contributed by atoms with van der Waals surface area (Å²) in [5.41, 5.74) is 0.213. The molecule has 0 radical (unpaired) electrons. The largest absolute Gasteiger partial charge is 0.490 e. The summed E-state index contributed by atoms with van der Waals surface area (Å²) in [6, 6.07) is 7.26. The van der Waals surface area contributed by atoms with E-state index >= 15 is 0 Å². The zero-order valence-corrected chi connectivity index (χ0v) is 11.4. The molecule has 1 aromatic rings. The molecule has 1 aliphatic heterocycles. The molecule has 0 unspecified atom stereocenters. The number of methoxy groups -OCH3 is 1. The zero-order valence-electron chi connectivity index (χ0n) is 11.4. The van der Waals surface area contributed by atoms with Crippen LogP contribution in [0.15, 0.2) is 18.2 Å². The van der Waals surface area contributed by atoms with Crippen LogP contribution in [0.1, 0.15) is 18.4 Å². The SMILES string of the molecule is COc1c(CC2(C#N)CCNCC2)cccc1[N+](=O)[O-]. The summed E-state index contributed by atoms with van der Waals surface area (Å²) in [6.45, 7) is 1.59. The third kappa shape index (κ3) is 2.73. The van der Waals surface area contributed by atoms with Crippen molar-refractivity contribution in [3.8, 4) is 11.8 Å². The van der Waals surface area contributed by atoms with Gasteiger partial charge in [-0.15, -0.1) is 0 Å². The Hall–Kier alpha value is -2.13. The summed E-state index contributed by atoms with van der Waals surface area (Å²) in [7, 11) is 1.42. The monoisotopic (exact) mass is 275 g/mol. The predicted molar refractivity (Wildman–Crippen MR) is 73.5 cm³/mol. The molecule has 1 N–H and O–H groups in total. The van der Waals surface area contributed by atoms with Gasteiger partial charge in [0, 0.05) is 11.6 Å². The minimum atomic E-state index is -0.465. The van der Waals surface area contributed by atoms with Crippen LogP contribution in [0.4, 0.5) is 5.69 Å². The molecule has 0 spiro atoms. The first-order valence-electron chi connectivity index (χ1n) is 6.54. The molecule has 1 heterocycles. The maximum absolute atomic E-state index is 11.0. The number of nitro benzene ring substituents is 1. The van der Waals surface area contributed by atoms with Gasteiger partial charge in [0.05, 0.1) is 23.5 Å². The standard InChI is InChI=1S/C14H17N3O3/c1-20-13-11(3-2-4-12(13)17(18)19)9-14(10-15)5-7-16-8-6-14/h2-4,16H,5-9H2,1H3. The van der Waals surface area contributed by atoms with Crippen molar-refractivity contribution in [3.05, 3.63) is 33.9 Å². The molecule has 0 aliphatic carbocycles. The van der Waals surface area contributed by atoms with Gasteiger partial charge in [-0.2, -0.15) is 5.26 Å². The van der Waals surface area contributed by atoms with Crippen molar-refractivity contribution in [3.63, 3.8) is 0 Å². The quantitative estimate of drug-likeness (QED) is 0.671. The lowest BCUT2D eigenvalue weighted by Crippen LogP contribution is -2.37. The van der Waals surface area contributed by atoms with Crippen LogP contribution in [0.5, 0.6) is 5.75 Å². The van der Waals surface area contributed by atoms with Crippen LogP contribution < -0.4 is 10.1 Å². The Balaban J connectivity index is 2.35. The van der Waals surface area contributed by atoms with Crippen LogP contribution in [0, 0.1) is 26.9 Å². The van der Waals surface area contributed by atoms with Gasteiger partial charge in [-0.3, -0.25) is 10.1 Å². The topological polar surface area (TPSA) is 88.2 Å². The highest BCUT2D eigenvalue weighted by Crippen LogP contribution is 2.38. The van der Waals surface area contributed by atoms with E-state index in [1.165, 1.54) is 13.2 Å². The molecule has 6 nitrogen and oxygen atoms in total. The van der Waals surface area contributed by atoms with Crippen molar-refractivity contribution in [2.45, 2.75) is 19.3 Å². The maximum atomic E-state index is 11.0. The molecule has 1 aromatic carbocycles. The van der Waals surface area contributed by atoms with E-state index in [0.29, 0.717) is 6.42 Å². The fraction of sp³-hybridized carbons (Fsp3) is 0.500. The van der Waals surface area contributed by atoms with Crippen LogP contribution in [-0.2, 0) is 6.42 Å². The number of nitrogens with one attached hydrogen (secondary N) is 1. The highest BCUT2D eigenvalue weighted by Gasteiger charge is 2.34. The minimum Gasteiger partial charge on any atom is -0.490 e. The number of nitro groups is 1. The highest BCUT2D eigenvalue weighted by atomic mass is 16.6. The fourth-order valence-corrected chi connectivity index (χ4v) is 2.69. The second kappa shape index (κ2) is 5.88. The molecular formula is C14H17N3O3. The van der Waals surface area contributed by atoms with E-state index in [1.54, 1.807) is 12.1 Å². The van der Waals surface area contributed by atoms with Gasteiger partial charge in [0.1, 0.15) is 0 Å². The molecule has 1 aliphatic rings. The number of nitriles is 1. The number of hydrogen-bond donors (Lipinski definition) is 1. The lowest BCUT2D eigenvalue weighted by atomic mass is 9.75. The molecule has 6 heteroatoms. The molecule has 1 saturated heterocycles.